The molecule has 0 bridgehead atoms. The molecule has 0 saturated carbocycles. The summed E-state index contributed by atoms with van der Waals surface area (Å²) in [7, 11) is -0.659. The zero-order valence-corrected chi connectivity index (χ0v) is 15.9. The molecule has 0 N–H and O–H groups in total. The quantitative estimate of drug-likeness (QED) is 0.742. The Balaban J connectivity index is 1.75. The Bertz CT molecular complexity index is 901. The van der Waals surface area contributed by atoms with E-state index in [0.717, 1.165) is 35.1 Å². The molecular formula is C16H23N5O4S. The van der Waals surface area contributed by atoms with Gasteiger partial charge in [0, 0.05) is 27.2 Å². The number of likely N-dealkylation sites (tertiary alicyclic amines) is 1. The first-order valence-electron chi connectivity index (χ1n) is 8.48. The van der Waals surface area contributed by atoms with Gasteiger partial charge in [-0.15, -0.1) is 5.10 Å². The number of carbonyl (C=O) groups excluding carboxylic acids is 1. The molecule has 1 amide bonds. The van der Waals surface area contributed by atoms with E-state index in [1.54, 1.807) is 11.0 Å². The molecule has 0 radical (unpaired) electrons. The zero-order valence-electron chi connectivity index (χ0n) is 15.1. The summed E-state index contributed by atoms with van der Waals surface area (Å²) in [4.78, 5) is 20.8. The van der Waals surface area contributed by atoms with Gasteiger partial charge in [-0.3, -0.25) is 4.79 Å². The third-order valence-electron chi connectivity index (χ3n) is 4.61. The monoisotopic (exact) mass is 381 g/mol. The first-order valence-corrected chi connectivity index (χ1v) is 9.92. The molecule has 1 saturated heterocycles. The molecule has 2 heterocycles. The lowest BCUT2D eigenvalue weighted by molar-refractivity contribution is -0.138. The van der Waals surface area contributed by atoms with Crippen molar-refractivity contribution >= 4 is 27.0 Å². The fourth-order valence-electron chi connectivity index (χ4n) is 2.81. The number of hydrogen-bond acceptors (Lipinski definition) is 6. The molecule has 2 aromatic rings. The predicted octanol–water partition coefficient (Wildman–Crippen LogP) is 0.369. The van der Waals surface area contributed by atoms with Crippen LogP contribution in [0.2, 0.25) is 0 Å². The zero-order chi connectivity index (χ0) is 18.9. The minimum absolute atomic E-state index is 0.110. The highest BCUT2D eigenvalue weighted by molar-refractivity contribution is 7.89. The molecule has 0 aliphatic carbocycles. The first kappa shape index (κ1) is 18.6. The fourth-order valence-corrected chi connectivity index (χ4v) is 3.73. The molecule has 1 aliphatic heterocycles. The van der Waals surface area contributed by atoms with Gasteiger partial charge in [-0.05, 0) is 42.2 Å². The van der Waals surface area contributed by atoms with E-state index < -0.39 is 10.0 Å². The van der Waals surface area contributed by atoms with Gasteiger partial charge >= 0.3 is 0 Å². The second-order valence-electron chi connectivity index (χ2n) is 6.74. The Morgan fingerprint density at radius 3 is 2.65 bits per heavy atom. The van der Waals surface area contributed by atoms with Crippen LogP contribution in [0, 0.1) is 5.92 Å². The molecule has 9 nitrogen and oxygen atoms in total. The van der Waals surface area contributed by atoms with Crippen LogP contribution in [0.25, 0.3) is 11.0 Å². The Morgan fingerprint density at radius 1 is 1.31 bits per heavy atom. The Labute approximate surface area is 152 Å². The SMILES string of the molecule is CC1CCN(C(=O)COn2nnc3ccc(S(=O)(=O)N(C)C)cc32)CC1. The van der Waals surface area contributed by atoms with Crippen molar-refractivity contribution in [2.24, 2.45) is 5.92 Å². The average Bonchev–Trinajstić information content (AvgIpc) is 3.02. The topological polar surface area (TPSA) is 97.6 Å². The van der Waals surface area contributed by atoms with Gasteiger partial charge in [0.1, 0.15) is 11.0 Å². The van der Waals surface area contributed by atoms with Crippen LogP contribution >= 0.6 is 0 Å². The standard InChI is InChI=1S/C16H23N5O4S/c1-12-6-8-20(9-7-12)16(22)11-25-21-15-10-13(26(23,24)19(2)3)4-5-14(15)17-18-21/h4-5,10,12H,6-9,11H2,1-3H3. The molecule has 1 aromatic heterocycles. The van der Waals surface area contributed by atoms with Crippen molar-refractivity contribution < 1.29 is 18.0 Å². The number of amides is 1. The van der Waals surface area contributed by atoms with Crippen LogP contribution in [0.1, 0.15) is 19.8 Å². The van der Waals surface area contributed by atoms with Crippen LogP contribution in [0.5, 0.6) is 0 Å². The summed E-state index contributed by atoms with van der Waals surface area (Å²) in [6.45, 7) is 3.47. The number of aromatic nitrogens is 3. The molecule has 142 valence electrons. The van der Waals surface area contributed by atoms with E-state index in [-0.39, 0.29) is 17.4 Å². The normalized spacial score (nSPS) is 16.4. The Morgan fingerprint density at radius 2 is 2.00 bits per heavy atom. The molecule has 1 aliphatic rings. The van der Waals surface area contributed by atoms with Crippen LogP contribution in [0.15, 0.2) is 23.1 Å². The third kappa shape index (κ3) is 3.65. The summed E-state index contributed by atoms with van der Waals surface area (Å²) >= 11 is 0. The Hall–Kier alpha value is -2.20. The number of rotatable bonds is 5. The number of nitrogens with zero attached hydrogens (tertiary/aromatic N) is 5. The smallest absolute Gasteiger partial charge is 0.263 e. The van der Waals surface area contributed by atoms with E-state index in [0.29, 0.717) is 17.0 Å². The molecular weight excluding hydrogens is 358 g/mol. The summed E-state index contributed by atoms with van der Waals surface area (Å²) in [5.74, 6) is 0.522. The van der Waals surface area contributed by atoms with Gasteiger partial charge < -0.3 is 9.74 Å². The minimum atomic E-state index is -3.58. The number of sulfonamides is 1. The lowest BCUT2D eigenvalue weighted by atomic mass is 9.99. The summed E-state index contributed by atoms with van der Waals surface area (Å²) in [6, 6.07) is 4.47. The van der Waals surface area contributed by atoms with Crippen LogP contribution in [0.3, 0.4) is 0 Å². The highest BCUT2D eigenvalue weighted by atomic mass is 32.2. The fraction of sp³-hybridized carbons (Fsp3) is 0.562. The molecule has 0 atom stereocenters. The van der Waals surface area contributed by atoms with Gasteiger partial charge in [-0.2, -0.15) is 0 Å². The van der Waals surface area contributed by atoms with Gasteiger partial charge in [-0.25, -0.2) is 12.7 Å². The second-order valence-corrected chi connectivity index (χ2v) is 8.89. The predicted molar refractivity (Wildman–Crippen MR) is 94.8 cm³/mol. The highest BCUT2D eigenvalue weighted by Gasteiger charge is 2.22. The lowest BCUT2D eigenvalue weighted by Crippen LogP contribution is -2.41. The molecule has 10 heteroatoms. The molecule has 26 heavy (non-hydrogen) atoms. The number of piperidine rings is 1. The summed E-state index contributed by atoms with van der Waals surface area (Å²) in [5, 5.41) is 7.80. The molecule has 1 aromatic carbocycles. The van der Waals surface area contributed by atoms with E-state index >= 15 is 0 Å². The van der Waals surface area contributed by atoms with Crippen molar-refractivity contribution in [3.63, 3.8) is 0 Å². The van der Waals surface area contributed by atoms with Crippen molar-refractivity contribution in [3.05, 3.63) is 18.2 Å². The van der Waals surface area contributed by atoms with Gasteiger partial charge in [0.2, 0.25) is 10.0 Å². The van der Waals surface area contributed by atoms with Gasteiger partial charge in [-0.1, -0.05) is 11.8 Å². The third-order valence-corrected chi connectivity index (χ3v) is 6.42. The first-order chi connectivity index (χ1) is 12.3. The van der Waals surface area contributed by atoms with Crippen molar-refractivity contribution in [3.8, 4) is 0 Å². The van der Waals surface area contributed by atoms with Crippen molar-refractivity contribution in [2.45, 2.75) is 24.7 Å². The van der Waals surface area contributed by atoms with Crippen LogP contribution in [0.4, 0.5) is 0 Å². The van der Waals surface area contributed by atoms with E-state index in [9.17, 15) is 13.2 Å². The maximum absolute atomic E-state index is 12.3. The van der Waals surface area contributed by atoms with Crippen LogP contribution in [-0.2, 0) is 14.8 Å². The van der Waals surface area contributed by atoms with Crippen molar-refractivity contribution in [2.75, 3.05) is 33.8 Å². The Kier molecular flexibility index (Phi) is 5.15. The van der Waals surface area contributed by atoms with Gasteiger partial charge in [0.15, 0.2) is 6.61 Å². The average molecular weight is 381 g/mol. The van der Waals surface area contributed by atoms with Gasteiger partial charge in [0.05, 0.1) is 4.90 Å². The number of benzene rings is 1. The van der Waals surface area contributed by atoms with Crippen LogP contribution < -0.4 is 4.84 Å². The second kappa shape index (κ2) is 7.20. The summed E-state index contributed by atoms with van der Waals surface area (Å²) in [6.07, 6.45) is 1.98. The molecule has 3 rings (SSSR count). The van der Waals surface area contributed by atoms with Gasteiger partial charge in [0.25, 0.3) is 5.91 Å². The largest absolute Gasteiger partial charge is 0.385 e. The molecule has 1 fully saturated rings. The van der Waals surface area contributed by atoms with Crippen LogP contribution in [-0.4, -0.2) is 72.5 Å². The van der Waals surface area contributed by atoms with Crippen molar-refractivity contribution in [1.82, 2.24) is 24.4 Å². The van der Waals surface area contributed by atoms with E-state index in [1.165, 1.54) is 26.2 Å². The van der Waals surface area contributed by atoms with E-state index in [2.05, 4.69) is 17.2 Å². The summed E-state index contributed by atoms with van der Waals surface area (Å²) < 4.78 is 25.7. The molecule has 0 unspecified atom stereocenters. The molecule has 0 spiro atoms. The van der Waals surface area contributed by atoms with E-state index in [1.807, 2.05) is 0 Å². The maximum atomic E-state index is 12.3. The number of fused-ring (bicyclic) bond motifs is 1. The van der Waals surface area contributed by atoms with E-state index in [4.69, 9.17) is 4.84 Å². The number of carbonyl (C=O) groups is 1. The summed E-state index contributed by atoms with van der Waals surface area (Å²) in [5.41, 5.74) is 0.884. The number of hydrogen-bond donors (Lipinski definition) is 0. The van der Waals surface area contributed by atoms with Crippen molar-refractivity contribution in [1.29, 1.82) is 0 Å². The lowest BCUT2D eigenvalue weighted by Gasteiger charge is -2.30. The maximum Gasteiger partial charge on any atom is 0.263 e. The highest BCUT2D eigenvalue weighted by Crippen LogP contribution is 2.19. The minimum Gasteiger partial charge on any atom is -0.385 e.